The van der Waals surface area contributed by atoms with Gasteiger partial charge in [0.2, 0.25) is 0 Å². The Morgan fingerprint density at radius 1 is 1.69 bits per heavy atom. The molecule has 0 rings (SSSR count). The minimum atomic E-state index is -1.00. The van der Waals surface area contributed by atoms with Gasteiger partial charge in [-0.1, -0.05) is 0 Å². The third-order valence-corrected chi connectivity index (χ3v) is 1.34. The molecule has 0 aliphatic heterocycles. The van der Waals surface area contributed by atoms with Crippen molar-refractivity contribution in [2.24, 2.45) is 10.7 Å². The molecule has 0 aromatic carbocycles. The Balaban J connectivity index is 3.30. The van der Waals surface area contributed by atoms with Crippen molar-refractivity contribution >= 4 is 12.3 Å². The van der Waals surface area contributed by atoms with Crippen molar-refractivity contribution in [3.8, 4) is 0 Å². The Kier molecular flexibility index (Phi) is 6.79. The van der Waals surface area contributed by atoms with Crippen LogP contribution in [0.15, 0.2) is 4.99 Å². The van der Waals surface area contributed by atoms with Crippen molar-refractivity contribution in [3.05, 3.63) is 0 Å². The van der Waals surface area contributed by atoms with Crippen LogP contribution in [0.1, 0.15) is 12.8 Å². The minimum Gasteiger partial charge on any atom is -0.480 e. The molecular formula is C6H14N4O3. The van der Waals surface area contributed by atoms with Crippen LogP contribution in [0.3, 0.4) is 0 Å². The van der Waals surface area contributed by atoms with Gasteiger partial charge in [0.15, 0.2) is 0 Å². The fraction of sp³-hybridized carbons (Fsp3) is 0.667. The molecule has 0 aromatic heterocycles. The van der Waals surface area contributed by atoms with Gasteiger partial charge in [-0.15, -0.1) is 5.59 Å². The maximum absolute atomic E-state index is 10.2. The molecule has 1 atom stereocenters. The van der Waals surface area contributed by atoms with E-state index < -0.39 is 12.0 Å². The van der Waals surface area contributed by atoms with E-state index in [1.165, 1.54) is 6.34 Å². The molecule has 6 N–H and O–H groups in total. The second kappa shape index (κ2) is 7.47. The van der Waals surface area contributed by atoms with Gasteiger partial charge in [-0.05, 0) is 12.8 Å². The largest absolute Gasteiger partial charge is 0.480 e. The van der Waals surface area contributed by atoms with Gasteiger partial charge in [0.1, 0.15) is 6.04 Å². The quantitative estimate of drug-likeness (QED) is 0.147. The lowest BCUT2D eigenvalue weighted by molar-refractivity contribution is -0.138. The molecule has 0 heterocycles. The Bertz CT molecular complexity index is 173. The molecule has 7 heteroatoms. The summed E-state index contributed by atoms with van der Waals surface area (Å²) in [7, 11) is 0. The number of carboxylic acid groups (broad SMARTS) is 1. The Labute approximate surface area is 75.6 Å². The molecule has 0 fully saturated rings. The highest BCUT2D eigenvalue weighted by Gasteiger charge is 2.09. The molecule has 0 saturated heterocycles. The van der Waals surface area contributed by atoms with Crippen LogP contribution in [0, 0.1) is 0 Å². The van der Waals surface area contributed by atoms with E-state index in [2.05, 4.69) is 10.4 Å². The molecule has 0 aliphatic rings. The monoisotopic (exact) mass is 190 g/mol. The number of aliphatic carboxylic acids is 1. The van der Waals surface area contributed by atoms with Gasteiger partial charge in [0.25, 0.3) is 0 Å². The first-order valence-electron chi connectivity index (χ1n) is 3.79. The predicted octanol–water partition coefficient (Wildman–Crippen LogP) is -1.31. The Morgan fingerprint density at radius 3 is 2.92 bits per heavy atom. The maximum atomic E-state index is 10.2. The molecule has 0 saturated carbocycles. The average Bonchev–Trinajstić information content (AvgIpc) is 2.10. The summed E-state index contributed by atoms with van der Waals surface area (Å²) in [6.07, 6.45) is 2.25. The zero-order valence-electron chi connectivity index (χ0n) is 7.10. The van der Waals surface area contributed by atoms with Crippen LogP contribution < -0.4 is 16.7 Å². The lowest BCUT2D eigenvalue weighted by atomic mass is 10.2. The van der Waals surface area contributed by atoms with Crippen LogP contribution in [0.2, 0.25) is 0 Å². The van der Waals surface area contributed by atoms with E-state index in [-0.39, 0.29) is 0 Å². The number of carbonyl (C=O) groups is 1. The summed E-state index contributed by atoms with van der Waals surface area (Å²) < 4.78 is 0. The lowest BCUT2D eigenvalue weighted by Crippen LogP contribution is -2.30. The maximum Gasteiger partial charge on any atom is 0.320 e. The van der Waals surface area contributed by atoms with Crippen molar-refractivity contribution < 1.29 is 15.1 Å². The van der Waals surface area contributed by atoms with E-state index in [4.69, 9.17) is 16.0 Å². The number of rotatable bonds is 7. The normalized spacial score (nSPS) is 13.1. The predicted molar refractivity (Wildman–Crippen MR) is 46.3 cm³/mol. The van der Waals surface area contributed by atoms with Gasteiger partial charge in [-0.2, -0.15) is 0 Å². The van der Waals surface area contributed by atoms with Gasteiger partial charge in [0, 0.05) is 6.54 Å². The van der Waals surface area contributed by atoms with Crippen molar-refractivity contribution in [1.29, 1.82) is 0 Å². The number of carboxylic acids is 1. The van der Waals surface area contributed by atoms with Gasteiger partial charge < -0.3 is 10.8 Å². The van der Waals surface area contributed by atoms with E-state index in [9.17, 15) is 4.79 Å². The SMILES string of the molecule is N[C@@H](CCCN=CNNO)C(=O)O. The molecule has 0 unspecified atom stereocenters. The molecule has 0 aromatic rings. The highest BCUT2D eigenvalue weighted by Crippen LogP contribution is 1.94. The molecule has 0 aliphatic carbocycles. The van der Waals surface area contributed by atoms with Crippen LogP contribution in [0.5, 0.6) is 0 Å². The molecule has 7 nitrogen and oxygen atoms in total. The number of nitrogens with one attached hydrogen (secondary N) is 2. The number of hydrogen-bond acceptors (Lipinski definition) is 5. The molecular weight excluding hydrogens is 176 g/mol. The number of nitrogens with zero attached hydrogens (tertiary/aromatic N) is 1. The van der Waals surface area contributed by atoms with Crippen molar-refractivity contribution in [1.82, 2.24) is 11.0 Å². The van der Waals surface area contributed by atoms with E-state index in [1.807, 2.05) is 0 Å². The molecule has 0 spiro atoms. The number of hydrogen-bond donors (Lipinski definition) is 5. The first-order chi connectivity index (χ1) is 6.18. The third-order valence-electron chi connectivity index (χ3n) is 1.34. The van der Waals surface area contributed by atoms with Crippen molar-refractivity contribution in [2.75, 3.05) is 6.54 Å². The Hall–Kier alpha value is -1.18. The molecule has 76 valence electrons. The first kappa shape index (κ1) is 11.8. The minimum absolute atomic E-state index is 0.388. The summed E-state index contributed by atoms with van der Waals surface area (Å²) in [5.41, 5.74) is 9.13. The van der Waals surface area contributed by atoms with Gasteiger partial charge in [0.05, 0.1) is 6.34 Å². The number of nitrogens with two attached hydrogens (primary N) is 1. The molecule has 0 radical (unpaired) electrons. The highest BCUT2D eigenvalue weighted by atomic mass is 16.5. The fourth-order valence-electron chi connectivity index (χ4n) is 0.665. The van der Waals surface area contributed by atoms with E-state index in [0.717, 1.165) is 0 Å². The summed E-state index contributed by atoms with van der Waals surface area (Å²) in [4.78, 5) is 14.0. The highest BCUT2D eigenvalue weighted by molar-refractivity contribution is 5.72. The van der Waals surface area contributed by atoms with Crippen molar-refractivity contribution in [3.63, 3.8) is 0 Å². The molecule has 13 heavy (non-hydrogen) atoms. The van der Waals surface area contributed by atoms with Gasteiger partial charge >= 0.3 is 5.97 Å². The smallest absolute Gasteiger partial charge is 0.320 e. The van der Waals surface area contributed by atoms with Gasteiger partial charge in [-0.25, -0.2) is 0 Å². The average molecular weight is 190 g/mol. The summed E-state index contributed by atoms with van der Waals surface area (Å²) in [6.45, 7) is 0.468. The second-order valence-electron chi connectivity index (χ2n) is 2.38. The summed E-state index contributed by atoms with van der Waals surface area (Å²) in [5, 5.41) is 16.4. The number of hydrazine groups is 1. The van der Waals surface area contributed by atoms with Crippen LogP contribution in [-0.2, 0) is 4.79 Å². The summed E-state index contributed by atoms with van der Waals surface area (Å²) in [5.74, 6) is -1.00. The molecule has 0 amide bonds. The van der Waals surface area contributed by atoms with Crippen LogP contribution in [0.4, 0.5) is 0 Å². The number of aliphatic imine (C=N–C) groups is 1. The zero-order chi connectivity index (χ0) is 10.1. The summed E-state index contributed by atoms with van der Waals surface area (Å²) >= 11 is 0. The van der Waals surface area contributed by atoms with Crippen molar-refractivity contribution in [2.45, 2.75) is 18.9 Å². The standard InChI is InChI=1S/C6H14N4O3/c7-5(6(11)12)2-1-3-8-4-9-10-13/h4-5,10,13H,1-3,7H2,(H,8,9)(H,11,12)/t5-/m0/s1. The fourth-order valence-corrected chi connectivity index (χ4v) is 0.665. The van der Waals surface area contributed by atoms with Gasteiger partial charge in [-0.3, -0.25) is 20.4 Å². The first-order valence-corrected chi connectivity index (χ1v) is 3.79. The summed E-state index contributed by atoms with van der Waals surface area (Å²) in [6, 6.07) is -0.820. The third kappa shape index (κ3) is 7.19. The topological polar surface area (TPSA) is 120 Å². The van der Waals surface area contributed by atoms with Crippen LogP contribution in [0.25, 0.3) is 0 Å². The lowest BCUT2D eigenvalue weighted by Gasteiger charge is -2.03. The zero-order valence-corrected chi connectivity index (χ0v) is 7.10. The molecule has 0 bridgehead atoms. The van der Waals surface area contributed by atoms with E-state index >= 15 is 0 Å². The second-order valence-corrected chi connectivity index (χ2v) is 2.38. The van der Waals surface area contributed by atoms with E-state index in [1.54, 1.807) is 5.59 Å². The van der Waals surface area contributed by atoms with E-state index in [0.29, 0.717) is 19.4 Å². The van der Waals surface area contributed by atoms with Crippen LogP contribution >= 0.6 is 0 Å². The Morgan fingerprint density at radius 2 is 2.38 bits per heavy atom. The van der Waals surface area contributed by atoms with Crippen LogP contribution in [-0.4, -0.2) is 35.2 Å².